The summed E-state index contributed by atoms with van der Waals surface area (Å²) in [6.45, 7) is 4.33. The number of nitrogens with zero attached hydrogens (tertiary/aromatic N) is 2. The van der Waals surface area contributed by atoms with Crippen molar-refractivity contribution in [1.82, 2.24) is 4.98 Å². The van der Waals surface area contributed by atoms with Gasteiger partial charge in [0.25, 0.3) is 5.91 Å². The first kappa shape index (κ1) is 16.4. The molecule has 2 N–H and O–H groups in total. The number of hydrogen-bond acceptors (Lipinski definition) is 6. The van der Waals surface area contributed by atoms with Gasteiger partial charge >= 0.3 is 0 Å². The van der Waals surface area contributed by atoms with Crippen LogP contribution in [0.1, 0.15) is 17.4 Å². The monoisotopic (exact) mass is 346 g/mol. The maximum Gasteiger partial charge on any atom is 0.275 e. The van der Waals surface area contributed by atoms with Crippen LogP contribution in [0.3, 0.4) is 0 Å². The second kappa shape index (κ2) is 7.41. The Morgan fingerprint density at radius 1 is 1.21 bits per heavy atom. The van der Waals surface area contributed by atoms with E-state index in [0.717, 1.165) is 24.5 Å². The van der Waals surface area contributed by atoms with Gasteiger partial charge in [-0.3, -0.25) is 9.59 Å². The molecule has 2 heterocycles. The van der Waals surface area contributed by atoms with Gasteiger partial charge in [0.15, 0.2) is 5.13 Å². The molecule has 0 spiro atoms. The summed E-state index contributed by atoms with van der Waals surface area (Å²) < 4.78 is 5.37. The van der Waals surface area contributed by atoms with E-state index in [0.29, 0.717) is 18.3 Å². The molecule has 126 valence electrons. The Balaban J connectivity index is 1.74. The highest BCUT2D eigenvalue weighted by Gasteiger charge is 2.17. The van der Waals surface area contributed by atoms with Crippen LogP contribution in [0.5, 0.6) is 0 Å². The predicted molar refractivity (Wildman–Crippen MR) is 93.8 cm³/mol. The second-order valence-electron chi connectivity index (χ2n) is 5.29. The average Bonchev–Trinajstić information content (AvgIpc) is 3.04. The van der Waals surface area contributed by atoms with E-state index in [-0.39, 0.29) is 17.5 Å². The van der Waals surface area contributed by atoms with E-state index in [2.05, 4.69) is 20.5 Å². The van der Waals surface area contributed by atoms with Crippen LogP contribution < -0.4 is 15.5 Å². The Labute approximate surface area is 143 Å². The fourth-order valence-electron chi connectivity index (χ4n) is 2.43. The molecule has 1 aliphatic heterocycles. The van der Waals surface area contributed by atoms with Crippen LogP contribution in [-0.4, -0.2) is 43.1 Å². The molecule has 0 aliphatic carbocycles. The quantitative estimate of drug-likeness (QED) is 0.887. The minimum Gasteiger partial charge on any atom is -0.378 e. The highest BCUT2D eigenvalue weighted by molar-refractivity contribution is 7.14. The molecule has 1 aromatic heterocycles. The molecule has 2 amide bonds. The molecular weight excluding hydrogens is 328 g/mol. The summed E-state index contributed by atoms with van der Waals surface area (Å²) in [6, 6.07) is 7.66. The second-order valence-corrected chi connectivity index (χ2v) is 6.15. The van der Waals surface area contributed by atoms with E-state index < -0.39 is 0 Å². The maximum atomic E-state index is 12.4. The summed E-state index contributed by atoms with van der Waals surface area (Å²) >= 11 is 1.22. The number of morpholine rings is 1. The van der Waals surface area contributed by atoms with Crippen LogP contribution in [0, 0.1) is 0 Å². The van der Waals surface area contributed by atoms with Crippen molar-refractivity contribution in [3.05, 3.63) is 35.3 Å². The third kappa shape index (κ3) is 3.90. The zero-order chi connectivity index (χ0) is 16.9. The van der Waals surface area contributed by atoms with Gasteiger partial charge in [0.1, 0.15) is 5.69 Å². The van der Waals surface area contributed by atoms with Gasteiger partial charge in [-0.25, -0.2) is 4.98 Å². The first-order valence-electron chi connectivity index (χ1n) is 7.59. The SMILES string of the molecule is CC(=O)Nc1nc(C(=O)Nc2ccccc2N2CCOCC2)cs1. The van der Waals surface area contributed by atoms with E-state index >= 15 is 0 Å². The molecule has 24 heavy (non-hydrogen) atoms. The Hall–Kier alpha value is -2.45. The normalized spacial score (nSPS) is 14.3. The third-order valence-corrected chi connectivity index (χ3v) is 4.28. The summed E-state index contributed by atoms with van der Waals surface area (Å²) in [7, 11) is 0. The van der Waals surface area contributed by atoms with Crippen LogP contribution in [-0.2, 0) is 9.53 Å². The molecule has 0 bridgehead atoms. The molecule has 0 atom stereocenters. The van der Waals surface area contributed by atoms with Gasteiger partial charge in [0.05, 0.1) is 24.6 Å². The summed E-state index contributed by atoms with van der Waals surface area (Å²) in [5, 5.41) is 7.51. The molecule has 1 aromatic carbocycles. The zero-order valence-corrected chi connectivity index (χ0v) is 14.1. The van der Waals surface area contributed by atoms with E-state index in [1.807, 2.05) is 24.3 Å². The molecular formula is C16H18N4O3S. The lowest BCUT2D eigenvalue weighted by Gasteiger charge is -2.30. The molecule has 0 radical (unpaired) electrons. The number of rotatable bonds is 4. The van der Waals surface area contributed by atoms with Crippen LogP contribution in [0.15, 0.2) is 29.6 Å². The molecule has 1 fully saturated rings. The number of carbonyl (C=O) groups excluding carboxylic acids is 2. The first-order valence-corrected chi connectivity index (χ1v) is 8.47. The van der Waals surface area contributed by atoms with Gasteiger partial charge in [-0.1, -0.05) is 12.1 Å². The number of anilines is 3. The number of amides is 2. The Bertz CT molecular complexity index is 740. The number of aromatic nitrogens is 1. The molecule has 3 rings (SSSR count). The lowest BCUT2D eigenvalue weighted by Crippen LogP contribution is -2.36. The molecule has 1 saturated heterocycles. The number of thiazole rings is 1. The standard InChI is InChI=1S/C16H18N4O3S/c1-11(21)17-16-19-13(10-24-16)15(22)18-12-4-2-3-5-14(12)20-6-8-23-9-7-20/h2-5,10H,6-9H2,1H3,(H,18,22)(H,17,19,21). The molecule has 0 saturated carbocycles. The lowest BCUT2D eigenvalue weighted by molar-refractivity contribution is -0.114. The van der Waals surface area contributed by atoms with Crippen LogP contribution in [0.25, 0.3) is 0 Å². The fraction of sp³-hybridized carbons (Fsp3) is 0.312. The van der Waals surface area contributed by atoms with E-state index in [1.165, 1.54) is 18.3 Å². The first-order chi connectivity index (χ1) is 11.6. The van der Waals surface area contributed by atoms with Crippen molar-refractivity contribution in [2.75, 3.05) is 41.8 Å². The number of hydrogen-bond donors (Lipinski definition) is 2. The Kier molecular flexibility index (Phi) is 5.07. The lowest BCUT2D eigenvalue weighted by atomic mass is 10.2. The number of nitrogens with one attached hydrogen (secondary N) is 2. The van der Waals surface area contributed by atoms with Crippen molar-refractivity contribution < 1.29 is 14.3 Å². The van der Waals surface area contributed by atoms with Crippen molar-refractivity contribution in [1.29, 1.82) is 0 Å². The van der Waals surface area contributed by atoms with Crippen molar-refractivity contribution in [2.45, 2.75) is 6.92 Å². The summed E-state index contributed by atoms with van der Waals surface area (Å²) in [4.78, 5) is 29.8. The minimum atomic E-state index is -0.302. The molecule has 8 heteroatoms. The summed E-state index contributed by atoms with van der Waals surface area (Å²) in [5.41, 5.74) is 1.98. The summed E-state index contributed by atoms with van der Waals surface area (Å²) in [5.74, 6) is -0.516. The van der Waals surface area contributed by atoms with Crippen molar-refractivity contribution >= 4 is 39.7 Å². The number of carbonyl (C=O) groups is 2. The third-order valence-electron chi connectivity index (χ3n) is 3.52. The highest BCUT2D eigenvalue weighted by Crippen LogP contribution is 2.27. The molecule has 1 aliphatic rings. The van der Waals surface area contributed by atoms with Gasteiger partial charge in [-0.15, -0.1) is 11.3 Å². The highest BCUT2D eigenvalue weighted by atomic mass is 32.1. The van der Waals surface area contributed by atoms with Crippen molar-refractivity contribution in [3.63, 3.8) is 0 Å². The van der Waals surface area contributed by atoms with Gasteiger partial charge in [0, 0.05) is 25.4 Å². The topological polar surface area (TPSA) is 83.6 Å². The van der Waals surface area contributed by atoms with Crippen molar-refractivity contribution in [2.24, 2.45) is 0 Å². The average molecular weight is 346 g/mol. The van der Waals surface area contributed by atoms with Crippen LogP contribution >= 0.6 is 11.3 Å². The van der Waals surface area contributed by atoms with E-state index in [4.69, 9.17) is 4.74 Å². The van der Waals surface area contributed by atoms with Crippen LogP contribution in [0.2, 0.25) is 0 Å². The molecule has 0 unspecified atom stereocenters. The maximum absolute atomic E-state index is 12.4. The smallest absolute Gasteiger partial charge is 0.275 e. The Morgan fingerprint density at radius 2 is 1.96 bits per heavy atom. The fourth-order valence-corrected chi connectivity index (χ4v) is 3.17. The van der Waals surface area contributed by atoms with E-state index in [1.54, 1.807) is 5.38 Å². The zero-order valence-electron chi connectivity index (χ0n) is 13.2. The summed E-state index contributed by atoms with van der Waals surface area (Å²) in [6.07, 6.45) is 0. The van der Waals surface area contributed by atoms with Gasteiger partial charge < -0.3 is 20.3 Å². The Morgan fingerprint density at radius 3 is 2.71 bits per heavy atom. The van der Waals surface area contributed by atoms with Crippen molar-refractivity contribution in [3.8, 4) is 0 Å². The number of ether oxygens (including phenoxy) is 1. The van der Waals surface area contributed by atoms with Gasteiger partial charge in [0.2, 0.25) is 5.91 Å². The predicted octanol–water partition coefficient (Wildman–Crippen LogP) is 2.19. The van der Waals surface area contributed by atoms with Gasteiger partial charge in [-0.2, -0.15) is 0 Å². The van der Waals surface area contributed by atoms with Gasteiger partial charge in [-0.05, 0) is 12.1 Å². The minimum absolute atomic E-state index is 0.214. The number of para-hydroxylation sites is 2. The number of benzene rings is 1. The molecule has 7 nitrogen and oxygen atoms in total. The largest absolute Gasteiger partial charge is 0.378 e. The van der Waals surface area contributed by atoms with Crippen LogP contribution in [0.4, 0.5) is 16.5 Å². The van der Waals surface area contributed by atoms with E-state index in [9.17, 15) is 9.59 Å². The molecule has 2 aromatic rings.